The average molecular weight is 532 g/mol. The fourth-order valence-corrected chi connectivity index (χ4v) is 7.61. The molecule has 0 bridgehead atoms. The highest BCUT2D eigenvalue weighted by Gasteiger charge is 2.41. The molecule has 0 saturated carbocycles. The molecule has 1 aromatic heterocycles. The minimum atomic E-state index is -4.28. The van der Waals surface area contributed by atoms with E-state index in [1.54, 1.807) is 4.90 Å². The first-order valence-corrected chi connectivity index (χ1v) is 13.5. The van der Waals surface area contributed by atoms with Gasteiger partial charge in [0.25, 0.3) is 20.0 Å². The Kier molecular flexibility index (Phi) is 7.06. The predicted molar refractivity (Wildman–Crippen MR) is 118 cm³/mol. The van der Waals surface area contributed by atoms with Gasteiger partial charge < -0.3 is 4.90 Å². The van der Waals surface area contributed by atoms with Crippen LogP contribution >= 0.6 is 22.9 Å². The van der Waals surface area contributed by atoms with E-state index in [2.05, 4.69) is 4.72 Å². The Labute approximate surface area is 193 Å². The average Bonchev–Trinajstić information content (AvgIpc) is 3.19. The van der Waals surface area contributed by atoms with Gasteiger partial charge in [-0.2, -0.15) is 13.2 Å². The molecule has 0 unspecified atom stereocenters. The first-order valence-electron chi connectivity index (χ1n) is 9.39. The first kappa shape index (κ1) is 25.1. The maximum absolute atomic E-state index is 13.0. The van der Waals surface area contributed by atoms with Crippen LogP contribution in [0, 0.1) is 5.92 Å². The summed E-state index contributed by atoms with van der Waals surface area (Å²) >= 11 is 6.87. The van der Waals surface area contributed by atoms with Crippen molar-refractivity contribution in [1.82, 2.24) is 4.31 Å². The van der Waals surface area contributed by atoms with Crippen molar-refractivity contribution in [3.8, 4) is 0 Å². The molecule has 1 fully saturated rings. The van der Waals surface area contributed by atoms with Gasteiger partial charge in [-0.3, -0.25) is 4.72 Å². The number of nitrogens with zero attached hydrogens (tertiary/aromatic N) is 2. The number of hydrogen-bond acceptors (Lipinski definition) is 6. The van der Waals surface area contributed by atoms with Gasteiger partial charge >= 0.3 is 6.18 Å². The maximum Gasteiger partial charge on any atom is 0.391 e. The van der Waals surface area contributed by atoms with Crippen molar-refractivity contribution in [3.05, 3.63) is 35.4 Å². The molecule has 1 saturated heterocycles. The topological polar surface area (TPSA) is 86.8 Å². The lowest BCUT2D eigenvalue weighted by Crippen LogP contribution is -2.39. The number of piperidine rings is 1. The number of alkyl halides is 3. The number of rotatable bonds is 6. The molecule has 2 heterocycles. The minimum absolute atomic E-state index is 0.0624. The standard InChI is InChI=1S/C18H21ClF3N3O4S3/c1-24(2)32(28,29)16-7-6-15(30-16)31(26,27)23-14-5-3-4-13(19)17(14)25-10-8-12(9-11-25)18(20,21)22/h3-7,12,23H,8-11H2,1-2H3. The molecule has 1 N–H and O–H groups in total. The van der Waals surface area contributed by atoms with Crippen LogP contribution in [0.15, 0.2) is 38.8 Å². The van der Waals surface area contributed by atoms with Gasteiger partial charge in [0.2, 0.25) is 0 Å². The van der Waals surface area contributed by atoms with Gasteiger partial charge in [-0.1, -0.05) is 17.7 Å². The Morgan fingerprint density at radius 2 is 1.66 bits per heavy atom. The van der Waals surface area contributed by atoms with Gasteiger partial charge in [0.1, 0.15) is 8.42 Å². The van der Waals surface area contributed by atoms with Gasteiger partial charge in [0.05, 0.1) is 22.3 Å². The lowest BCUT2D eigenvalue weighted by atomic mass is 9.96. The van der Waals surface area contributed by atoms with Crippen LogP contribution in [0.25, 0.3) is 0 Å². The summed E-state index contributed by atoms with van der Waals surface area (Å²) < 4.78 is 92.3. The zero-order valence-electron chi connectivity index (χ0n) is 17.1. The van der Waals surface area contributed by atoms with Crippen molar-refractivity contribution in [1.29, 1.82) is 0 Å². The second-order valence-electron chi connectivity index (χ2n) is 7.41. The molecule has 0 radical (unpaired) electrons. The second-order valence-corrected chi connectivity index (χ2v) is 13.2. The van der Waals surface area contributed by atoms with E-state index in [0.717, 1.165) is 4.31 Å². The Morgan fingerprint density at radius 3 is 2.22 bits per heavy atom. The van der Waals surface area contributed by atoms with Crippen molar-refractivity contribution in [3.63, 3.8) is 0 Å². The van der Waals surface area contributed by atoms with Crippen LogP contribution in [0.1, 0.15) is 12.8 Å². The highest BCUT2D eigenvalue weighted by molar-refractivity contribution is 7.96. The number of nitrogens with one attached hydrogen (secondary N) is 1. The molecule has 1 aromatic carbocycles. The summed E-state index contributed by atoms with van der Waals surface area (Å²) in [4.78, 5) is 1.62. The van der Waals surface area contributed by atoms with Crippen LogP contribution < -0.4 is 9.62 Å². The van der Waals surface area contributed by atoms with E-state index in [9.17, 15) is 30.0 Å². The third kappa shape index (κ3) is 5.16. The summed E-state index contributed by atoms with van der Waals surface area (Å²) in [6, 6.07) is 6.89. The van der Waals surface area contributed by atoms with Crippen LogP contribution in [0.4, 0.5) is 24.5 Å². The highest BCUT2D eigenvalue weighted by Crippen LogP contribution is 2.41. The van der Waals surface area contributed by atoms with Gasteiger partial charge in [0, 0.05) is 27.2 Å². The van der Waals surface area contributed by atoms with E-state index in [1.807, 2.05) is 0 Å². The van der Waals surface area contributed by atoms with Crippen molar-refractivity contribution in [2.75, 3.05) is 36.8 Å². The zero-order chi connectivity index (χ0) is 23.9. The van der Waals surface area contributed by atoms with Gasteiger partial charge in [-0.05, 0) is 37.1 Å². The highest BCUT2D eigenvalue weighted by atomic mass is 35.5. The summed E-state index contributed by atoms with van der Waals surface area (Å²) in [5, 5.41) is 0.192. The molecule has 0 atom stereocenters. The maximum atomic E-state index is 13.0. The van der Waals surface area contributed by atoms with E-state index in [0.29, 0.717) is 11.3 Å². The SMILES string of the molecule is CN(C)S(=O)(=O)c1ccc(S(=O)(=O)Nc2cccc(Cl)c2N2CCC(C(F)(F)F)CC2)s1. The van der Waals surface area contributed by atoms with E-state index in [1.165, 1.54) is 44.4 Å². The molecule has 14 heteroatoms. The molecular formula is C18H21ClF3N3O4S3. The Balaban J connectivity index is 1.88. The van der Waals surface area contributed by atoms with Gasteiger partial charge in [0.15, 0.2) is 0 Å². The van der Waals surface area contributed by atoms with Crippen molar-refractivity contribution < 1.29 is 30.0 Å². The second kappa shape index (κ2) is 9.01. The summed E-state index contributed by atoms with van der Waals surface area (Å²) in [5.74, 6) is -1.41. The van der Waals surface area contributed by atoms with Gasteiger partial charge in [-0.25, -0.2) is 21.1 Å². The Hall–Kier alpha value is -1.54. The largest absolute Gasteiger partial charge is 0.391 e. The Morgan fingerprint density at radius 1 is 1.06 bits per heavy atom. The smallest absolute Gasteiger partial charge is 0.369 e. The third-order valence-electron chi connectivity index (χ3n) is 5.06. The number of benzene rings is 1. The fraction of sp³-hybridized carbons (Fsp3) is 0.444. The summed E-state index contributed by atoms with van der Waals surface area (Å²) in [5.41, 5.74) is 0.393. The number of halogens is 4. The molecule has 0 aliphatic carbocycles. The fourth-order valence-electron chi connectivity index (χ4n) is 3.31. The van der Waals surface area contributed by atoms with Crippen LogP contribution in [0.5, 0.6) is 0 Å². The van der Waals surface area contributed by atoms with Crippen LogP contribution in [0.3, 0.4) is 0 Å². The molecule has 3 rings (SSSR count). The number of sulfonamides is 2. The number of para-hydroxylation sites is 1. The Bertz CT molecular complexity index is 1190. The summed E-state index contributed by atoms with van der Waals surface area (Å²) in [7, 11) is -5.30. The quantitative estimate of drug-likeness (QED) is 0.603. The number of hydrogen-bond donors (Lipinski definition) is 1. The van der Waals surface area contributed by atoms with Crippen molar-refractivity contribution in [2.45, 2.75) is 27.4 Å². The summed E-state index contributed by atoms with van der Waals surface area (Å²) in [6.45, 7) is 0.125. The molecule has 1 aliphatic rings. The van der Waals surface area contributed by atoms with Crippen molar-refractivity contribution in [2.24, 2.45) is 5.92 Å². The molecule has 2 aromatic rings. The first-order chi connectivity index (χ1) is 14.7. The zero-order valence-corrected chi connectivity index (χ0v) is 20.3. The molecule has 7 nitrogen and oxygen atoms in total. The molecule has 32 heavy (non-hydrogen) atoms. The van der Waals surface area contributed by atoms with Crippen LogP contribution in [-0.4, -0.2) is 54.5 Å². The molecule has 178 valence electrons. The minimum Gasteiger partial charge on any atom is -0.369 e. The molecule has 1 aliphatic heterocycles. The molecular weight excluding hydrogens is 511 g/mol. The van der Waals surface area contributed by atoms with E-state index in [4.69, 9.17) is 11.6 Å². The van der Waals surface area contributed by atoms with Crippen LogP contribution in [-0.2, 0) is 20.0 Å². The predicted octanol–water partition coefficient (Wildman–Crippen LogP) is 4.23. The molecule has 0 spiro atoms. The van der Waals surface area contributed by atoms with E-state index < -0.39 is 32.1 Å². The van der Waals surface area contributed by atoms with E-state index >= 15 is 0 Å². The van der Waals surface area contributed by atoms with E-state index in [-0.39, 0.29) is 50.7 Å². The molecule has 0 amide bonds. The number of thiophene rings is 1. The monoisotopic (exact) mass is 531 g/mol. The summed E-state index contributed by atoms with van der Waals surface area (Å²) in [6.07, 6.45) is -4.53. The van der Waals surface area contributed by atoms with Gasteiger partial charge in [-0.15, -0.1) is 11.3 Å². The lowest BCUT2D eigenvalue weighted by Gasteiger charge is -2.35. The van der Waals surface area contributed by atoms with Crippen LogP contribution in [0.2, 0.25) is 5.02 Å². The third-order valence-corrected chi connectivity index (χ3v) is 10.6. The normalized spacial score (nSPS) is 16.5. The number of anilines is 2. The van der Waals surface area contributed by atoms with Crippen molar-refractivity contribution >= 4 is 54.4 Å². The lowest BCUT2D eigenvalue weighted by molar-refractivity contribution is -0.179.